The van der Waals surface area contributed by atoms with Gasteiger partial charge in [0.25, 0.3) is 0 Å². The van der Waals surface area contributed by atoms with Crippen LogP contribution in [0.4, 0.5) is 0 Å². The Bertz CT molecular complexity index is 326. The van der Waals surface area contributed by atoms with Crippen LogP contribution >= 0.6 is 11.8 Å². The van der Waals surface area contributed by atoms with Crippen LogP contribution in [0.5, 0.6) is 0 Å². The Morgan fingerprint density at radius 1 is 1.50 bits per heavy atom. The van der Waals surface area contributed by atoms with Gasteiger partial charge in [-0.15, -0.1) is 10.2 Å². The van der Waals surface area contributed by atoms with Crippen LogP contribution < -0.4 is 5.73 Å². The van der Waals surface area contributed by atoms with Gasteiger partial charge in [0.05, 0.1) is 6.54 Å². The fourth-order valence-electron chi connectivity index (χ4n) is 0.931. The lowest BCUT2D eigenvalue weighted by Gasteiger charge is -1.99. The summed E-state index contributed by atoms with van der Waals surface area (Å²) in [7, 11) is 1.94. The predicted molar refractivity (Wildman–Crippen MR) is 59.0 cm³/mol. The van der Waals surface area contributed by atoms with Crippen LogP contribution in [0.3, 0.4) is 0 Å². The molecule has 1 aromatic rings. The number of allylic oxidation sites excluding steroid dienone is 1. The van der Waals surface area contributed by atoms with Gasteiger partial charge in [-0.05, 0) is 13.8 Å². The van der Waals surface area contributed by atoms with Gasteiger partial charge in [0, 0.05) is 12.8 Å². The molecular formula is C9H16N4S. The monoisotopic (exact) mass is 212 g/mol. The van der Waals surface area contributed by atoms with Crippen LogP contribution in [0.25, 0.3) is 0 Å². The first-order chi connectivity index (χ1) is 6.65. The molecule has 14 heavy (non-hydrogen) atoms. The number of rotatable bonds is 4. The van der Waals surface area contributed by atoms with Crippen LogP contribution in [0, 0.1) is 0 Å². The van der Waals surface area contributed by atoms with Gasteiger partial charge in [-0.25, -0.2) is 0 Å². The SMILES string of the molecule is CC(C)=CCSc1nnc(CN)n1C. The molecule has 4 nitrogen and oxygen atoms in total. The van der Waals surface area contributed by atoms with E-state index in [0.717, 1.165) is 16.7 Å². The van der Waals surface area contributed by atoms with Crippen molar-refractivity contribution in [3.63, 3.8) is 0 Å². The molecule has 0 aliphatic carbocycles. The maximum Gasteiger partial charge on any atom is 0.191 e. The van der Waals surface area contributed by atoms with E-state index in [2.05, 4.69) is 30.1 Å². The average molecular weight is 212 g/mol. The van der Waals surface area contributed by atoms with Crippen molar-refractivity contribution >= 4 is 11.8 Å². The molecule has 1 aromatic heterocycles. The minimum absolute atomic E-state index is 0.437. The summed E-state index contributed by atoms with van der Waals surface area (Å²) in [4.78, 5) is 0. The van der Waals surface area contributed by atoms with Crippen molar-refractivity contribution in [3.05, 3.63) is 17.5 Å². The summed E-state index contributed by atoms with van der Waals surface area (Å²) in [5, 5.41) is 8.95. The van der Waals surface area contributed by atoms with Gasteiger partial charge in [-0.3, -0.25) is 0 Å². The van der Waals surface area contributed by atoms with Gasteiger partial charge < -0.3 is 10.3 Å². The van der Waals surface area contributed by atoms with Crippen molar-refractivity contribution in [3.8, 4) is 0 Å². The van der Waals surface area contributed by atoms with Crippen LogP contribution in [-0.4, -0.2) is 20.5 Å². The van der Waals surface area contributed by atoms with Crippen LogP contribution in [-0.2, 0) is 13.6 Å². The number of nitrogens with zero attached hydrogens (tertiary/aromatic N) is 3. The van der Waals surface area contributed by atoms with Crippen molar-refractivity contribution in [1.29, 1.82) is 0 Å². The van der Waals surface area contributed by atoms with Crippen molar-refractivity contribution in [1.82, 2.24) is 14.8 Å². The van der Waals surface area contributed by atoms with Crippen molar-refractivity contribution in [2.75, 3.05) is 5.75 Å². The molecule has 0 bridgehead atoms. The molecule has 0 atom stereocenters. The molecule has 78 valence electrons. The van der Waals surface area contributed by atoms with E-state index in [4.69, 9.17) is 5.73 Å². The molecule has 0 aromatic carbocycles. The van der Waals surface area contributed by atoms with E-state index in [1.54, 1.807) is 11.8 Å². The molecule has 0 amide bonds. The third-order valence-electron chi connectivity index (χ3n) is 1.81. The van der Waals surface area contributed by atoms with Gasteiger partial charge in [0.2, 0.25) is 0 Å². The van der Waals surface area contributed by atoms with Gasteiger partial charge in [0.15, 0.2) is 5.16 Å². The average Bonchev–Trinajstić information content (AvgIpc) is 2.47. The normalized spacial score (nSPS) is 10.3. The number of thioether (sulfide) groups is 1. The van der Waals surface area contributed by atoms with Crippen molar-refractivity contribution in [2.45, 2.75) is 25.5 Å². The summed E-state index contributed by atoms with van der Waals surface area (Å²) in [6.45, 7) is 4.61. The van der Waals surface area contributed by atoms with E-state index in [1.165, 1.54) is 5.57 Å². The fourth-order valence-corrected chi connectivity index (χ4v) is 1.89. The highest BCUT2D eigenvalue weighted by Gasteiger charge is 2.05. The summed E-state index contributed by atoms with van der Waals surface area (Å²) < 4.78 is 1.93. The van der Waals surface area contributed by atoms with Crippen LogP contribution in [0.1, 0.15) is 19.7 Å². The second kappa shape index (κ2) is 5.17. The first-order valence-electron chi connectivity index (χ1n) is 4.49. The van der Waals surface area contributed by atoms with Crippen molar-refractivity contribution < 1.29 is 0 Å². The second-order valence-corrected chi connectivity index (χ2v) is 4.24. The molecular weight excluding hydrogens is 196 g/mol. The van der Waals surface area contributed by atoms with E-state index < -0.39 is 0 Å². The fraction of sp³-hybridized carbons (Fsp3) is 0.556. The number of hydrogen-bond acceptors (Lipinski definition) is 4. The van der Waals surface area contributed by atoms with E-state index in [1.807, 2.05) is 11.6 Å². The molecule has 0 unspecified atom stereocenters. The predicted octanol–water partition coefficient (Wildman–Crippen LogP) is 1.33. The summed E-state index contributed by atoms with van der Waals surface area (Å²) in [5.41, 5.74) is 6.81. The Hall–Kier alpha value is -0.810. The topological polar surface area (TPSA) is 56.7 Å². The quantitative estimate of drug-likeness (QED) is 0.604. The minimum Gasteiger partial charge on any atom is -0.324 e. The van der Waals surface area contributed by atoms with Gasteiger partial charge in [-0.1, -0.05) is 23.4 Å². The smallest absolute Gasteiger partial charge is 0.191 e. The van der Waals surface area contributed by atoms with Gasteiger partial charge in [-0.2, -0.15) is 0 Å². The first-order valence-corrected chi connectivity index (χ1v) is 5.48. The molecule has 0 spiro atoms. The summed E-state index contributed by atoms with van der Waals surface area (Å²) in [6, 6.07) is 0. The van der Waals surface area contributed by atoms with E-state index in [-0.39, 0.29) is 0 Å². The summed E-state index contributed by atoms with van der Waals surface area (Å²) >= 11 is 1.67. The number of nitrogens with two attached hydrogens (primary N) is 1. The molecule has 0 fully saturated rings. The summed E-state index contributed by atoms with van der Waals surface area (Å²) in [5.74, 6) is 1.75. The van der Waals surface area contributed by atoms with Crippen LogP contribution in [0.15, 0.2) is 16.8 Å². The molecule has 0 radical (unpaired) electrons. The van der Waals surface area contributed by atoms with E-state index >= 15 is 0 Å². The molecule has 0 aliphatic heterocycles. The molecule has 1 rings (SSSR count). The Morgan fingerprint density at radius 3 is 2.71 bits per heavy atom. The Morgan fingerprint density at radius 2 is 2.21 bits per heavy atom. The molecule has 5 heteroatoms. The van der Waals surface area contributed by atoms with Gasteiger partial charge >= 0.3 is 0 Å². The van der Waals surface area contributed by atoms with E-state index in [9.17, 15) is 0 Å². The zero-order valence-electron chi connectivity index (χ0n) is 8.82. The number of hydrogen-bond donors (Lipinski definition) is 1. The third-order valence-corrected chi connectivity index (χ3v) is 2.76. The molecule has 2 N–H and O–H groups in total. The Kier molecular flexibility index (Phi) is 4.16. The largest absolute Gasteiger partial charge is 0.324 e. The third kappa shape index (κ3) is 2.85. The highest BCUT2D eigenvalue weighted by molar-refractivity contribution is 7.99. The molecule has 0 saturated heterocycles. The minimum atomic E-state index is 0.437. The van der Waals surface area contributed by atoms with Crippen LogP contribution in [0.2, 0.25) is 0 Å². The maximum absolute atomic E-state index is 5.50. The lowest BCUT2D eigenvalue weighted by molar-refractivity contribution is 0.735. The molecule has 0 saturated carbocycles. The highest BCUT2D eigenvalue weighted by atomic mass is 32.2. The van der Waals surface area contributed by atoms with E-state index in [0.29, 0.717) is 6.54 Å². The van der Waals surface area contributed by atoms with Crippen molar-refractivity contribution in [2.24, 2.45) is 12.8 Å². The molecule has 1 heterocycles. The number of aromatic nitrogens is 3. The maximum atomic E-state index is 5.50. The lowest BCUT2D eigenvalue weighted by atomic mass is 10.3. The Balaban J connectivity index is 2.59. The summed E-state index contributed by atoms with van der Waals surface area (Å²) in [6.07, 6.45) is 2.17. The zero-order chi connectivity index (χ0) is 10.6. The Labute approximate surface area is 88.6 Å². The second-order valence-electron chi connectivity index (χ2n) is 3.25. The standard InChI is InChI=1S/C9H16N4S/c1-7(2)4-5-14-9-12-11-8(6-10)13(9)3/h4H,5-6,10H2,1-3H3. The lowest BCUT2D eigenvalue weighted by Crippen LogP contribution is -2.05. The first kappa shape index (κ1) is 11.3. The molecule has 0 aliphatic rings. The van der Waals surface area contributed by atoms with Gasteiger partial charge in [0.1, 0.15) is 5.82 Å². The highest BCUT2D eigenvalue weighted by Crippen LogP contribution is 2.15. The zero-order valence-corrected chi connectivity index (χ0v) is 9.64.